The third-order valence-electron chi connectivity index (χ3n) is 4.22. The molecule has 6 heteroatoms. The van der Waals surface area contributed by atoms with Crippen molar-refractivity contribution < 1.29 is 9.90 Å². The number of rotatable bonds is 3. The molecule has 1 aliphatic carbocycles. The van der Waals surface area contributed by atoms with Crippen molar-refractivity contribution in [2.75, 3.05) is 0 Å². The number of hydrogen-bond donors (Lipinski definition) is 2. The quantitative estimate of drug-likeness (QED) is 0.899. The van der Waals surface area contributed by atoms with Crippen molar-refractivity contribution in [3.8, 4) is 0 Å². The first-order valence-electron chi connectivity index (χ1n) is 7.54. The molecule has 1 saturated carbocycles. The van der Waals surface area contributed by atoms with E-state index in [0.29, 0.717) is 5.56 Å². The van der Waals surface area contributed by atoms with Gasteiger partial charge in [0.25, 0.3) is 5.91 Å². The molecule has 0 radical (unpaired) electrons. The van der Waals surface area contributed by atoms with Crippen LogP contribution in [0.25, 0.3) is 0 Å². The molecule has 0 bridgehead atoms. The molecule has 0 spiro atoms. The molecule has 0 aromatic carbocycles. The van der Waals surface area contributed by atoms with Gasteiger partial charge in [-0.3, -0.25) is 9.78 Å². The maximum atomic E-state index is 12.3. The molecule has 2 aromatic rings. The number of carbonyl (C=O) groups excluding carboxylic acids is 1. The highest BCUT2D eigenvalue weighted by Crippen LogP contribution is 2.29. The Kier molecular flexibility index (Phi) is 4.20. The van der Waals surface area contributed by atoms with Crippen molar-refractivity contribution in [2.24, 2.45) is 0 Å². The van der Waals surface area contributed by atoms with Crippen molar-refractivity contribution in [2.45, 2.75) is 44.4 Å². The molecule has 3 rings (SSSR count). The number of nitrogens with one attached hydrogen (secondary N) is 1. The van der Waals surface area contributed by atoms with Crippen LogP contribution in [0.15, 0.2) is 37.1 Å². The van der Waals surface area contributed by atoms with Gasteiger partial charge in [0.05, 0.1) is 30.1 Å². The van der Waals surface area contributed by atoms with E-state index in [4.69, 9.17) is 0 Å². The van der Waals surface area contributed by atoms with Crippen LogP contribution in [0.2, 0.25) is 0 Å². The second-order valence-electron chi connectivity index (χ2n) is 5.77. The largest absolute Gasteiger partial charge is 0.389 e. The van der Waals surface area contributed by atoms with Gasteiger partial charge in [-0.15, -0.1) is 0 Å². The van der Waals surface area contributed by atoms with Gasteiger partial charge in [0.1, 0.15) is 0 Å². The first kappa shape index (κ1) is 14.7. The van der Waals surface area contributed by atoms with Crippen LogP contribution in [0.3, 0.4) is 0 Å². The SMILES string of the molecule is Cc1ccc(C(=O)N[C@@H]2CCC[C@@H](n3ccnc3)[C@@H]2O)cn1. The van der Waals surface area contributed by atoms with E-state index in [1.54, 1.807) is 30.9 Å². The minimum atomic E-state index is -0.620. The molecule has 2 N–H and O–H groups in total. The zero-order valence-electron chi connectivity index (χ0n) is 12.5. The third kappa shape index (κ3) is 3.01. The number of aliphatic hydroxyl groups excluding tert-OH is 1. The summed E-state index contributed by atoms with van der Waals surface area (Å²) >= 11 is 0. The van der Waals surface area contributed by atoms with E-state index in [0.717, 1.165) is 25.0 Å². The number of pyridine rings is 1. The average Bonchev–Trinajstić information content (AvgIpc) is 3.04. The number of carbonyl (C=O) groups is 1. The van der Waals surface area contributed by atoms with Gasteiger partial charge in [-0.2, -0.15) is 0 Å². The third-order valence-corrected chi connectivity index (χ3v) is 4.22. The topological polar surface area (TPSA) is 80.0 Å². The molecule has 0 unspecified atom stereocenters. The van der Waals surface area contributed by atoms with Crippen molar-refractivity contribution in [3.63, 3.8) is 0 Å². The second kappa shape index (κ2) is 6.27. The maximum absolute atomic E-state index is 12.3. The lowest BCUT2D eigenvalue weighted by Gasteiger charge is -2.35. The Morgan fingerprint density at radius 1 is 1.41 bits per heavy atom. The summed E-state index contributed by atoms with van der Waals surface area (Å²) in [7, 11) is 0. The lowest BCUT2D eigenvalue weighted by Crippen LogP contribution is -2.49. The Balaban J connectivity index is 1.69. The molecule has 2 heterocycles. The minimum Gasteiger partial charge on any atom is -0.389 e. The zero-order valence-corrected chi connectivity index (χ0v) is 12.5. The summed E-state index contributed by atoms with van der Waals surface area (Å²) < 4.78 is 1.91. The van der Waals surface area contributed by atoms with E-state index in [1.807, 2.05) is 17.7 Å². The molecule has 116 valence electrons. The molecule has 3 atom stereocenters. The Bertz CT molecular complexity index is 624. The van der Waals surface area contributed by atoms with Crippen molar-refractivity contribution >= 4 is 5.91 Å². The van der Waals surface area contributed by atoms with Crippen molar-refractivity contribution in [3.05, 3.63) is 48.3 Å². The van der Waals surface area contributed by atoms with Gasteiger partial charge in [0.15, 0.2) is 0 Å². The summed E-state index contributed by atoms with van der Waals surface area (Å²) in [5.74, 6) is -0.192. The van der Waals surface area contributed by atoms with Crippen LogP contribution in [0.5, 0.6) is 0 Å². The monoisotopic (exact) mass is 300 g/mol. The molecule has 1 amide bonds. The van der Waals surface area contributed by atoms with E-state index in [-0.39, 0.29) is 18.0 Å². The fourth-order valence-electron chi connectivity index (χ4n) is 2.96. The van der Waals surface area contributed by atoms with Crippen molar-refractivity contribution in [1.29, 1.82) is 0 Å². The van der Waals surface area contributed by atoms with Crippen LogP contribution in [-0.4, -0.2) is 37.7 Å². The lowest BCUT2D eigenvalue weighted by atomic mass is 9.87. The minimum absolute atomic E-state index is 0.0438. The Labute approximate surface area is 129 Å². The first-order valence-corrected chi connectivity index (χ1v) is 7.54. The van der Waals surface area contributed by atoms with E-state index in [9.17, 15) is 9.90 Å². The molecule has 2 aromatic heterocycles. The highest BCUT2D eigenvalue weighted by atomic mass is 16.3. The number of nitrogens with zero attached hydrogens (tertiary/aromatic N) is 3. The first-order chi connectivity index (χ1) is 10.6. The average molecular weight is 300 g/mol. The number of aliphatic hydroxyl groups is 1. The van der Waals surface area contributed by atoms with Gasteiger partial charge in [-0.05, 0) is 38.3 Å². The van der Waals surface area contributed by atoms with Crippen LogP contribution in [-0.2, 0) is 0 Å². The maximum Gasteiger partial charge on any atom is 0.253 e. The molecule has 0 saturated heterocycles. The number of hydrogen-bond acceptors (Lipinski definition) is 4. The summed E-state index contributed by atoms with van der Waals surface area (Å²) in [4.78, 5) is 20.4. The van der Waals surface area contributed by atoms with E-state index < -0.39 is 6.10 Å². The second-order valence-corrected chi connectivity index (χ2v) is 5.77. The number of aromatic nitrogens is 3. The van der Waals surface area contributed by atoms with Gasteiger partial charge in [0.2, 0.25) is 0 Å². The number of amides is 1. The highest BCUT2D eigenvalue weighted by Gasteiger charge is 2.33. The summed E-state index contributed by atoms with van der Waals surface area (Å²) in [5.41, 5.74) is 1.39. The van der Waals surface area contributed by atoms with Gasteiger partial charge in [0, 0.05) is 24.3 Å². The van der Waals surface area contributed by atoms with Crippen LogP contribution < -0.4 is 5.32 Å². The van der Waals surface area contributed by atoms with E-state index >= 15 is 0 Å². The normalized spacial score (nSPS) is 24.9. The summed E-state index contributed by atoms with van der Waals surface area (Å²) in [6.45, 7) is 1.88. The summed E-state index contributed by atoms with van der Waals surface area (Å²) in [6.07, 6.45) is 8.82. The van der Waals surface area contributed by atoms with Gasteiger partial charge in [-0.25, -0.2) is 4.98 Å². The van der Waals surface area contributed by atoms with Gasteiger partial charge < -0.3 is 15.0 Å². The predicted molar refractivity (Wildman–Crippen MR) is 81.4 cm³/mol. The fourth-order valence-corrected chi connectivity index (χ4v) is 2.96. The van der Waals surface area contributed by atoms with E-state index in [1.165, 1.54) is 0 Å². The molecular weight excluding hydrogens is 280 g/mol. The van der Waals surface area contributed by atoms with Gasteiger partial charge in [-0.1, -0.05) is 0 Å². The van der Waals surface area contributed by atoms with E-state index in [2.05, 4.69) is 15.3 Å². The smallest absolute Gasteiger partial charge is 0.253 e. The molecule has 22 heavy (non-hydrogen) atoms. The van der Waals surface area contributed by atoms with Gasteiger partial charge >= 0.3 is 0 Å². The Morgan fingerprint density at radius 3 is 2.95 bits per heavy atom. The molecule has 1 aliphatic rings. The fraction of sp³-hybridized carbons (Fsp3) is 0.438. The van der Waals surface area contributed by atoms with Crippen LogP contribution >= 0.6 is 0 Å². The molecule has 0 aliphatic heterocycles. The zero-order chi connectivity index (χ0) is 15.5. The summed E-state index contributed by atoms with van der Waals surface area (Å²) in [5, 5.41) is 13.5. The number of imidazole rings is 1. The highest BCUT2D eigenvalue weighted by molar-refractivity contribution is 5.94. The lowest BCUT2D eigenvalue weighted by molar-refractivity contribution is 0.0399. The van der Waals surface area contributed by atoms with Crippen molar-refractivity contribution in [1.82, 2.24) is 19.9 Å². The Morgan fingerprint density at radius 2 is 2.27 bits per heavy atom. The molecular formula is C16H20N4O2. The number of aryl methyl sites for hydroxylation is 1. The molecule has 6 nitrogen and oxygen atoms in total. The summed E-state index contributed by atoms with van der Waals surface area (Å²) in [6, 6.07) is 3.26. The molecule has 1 fully saturated rings. The Hall–Kier alpha value is -2.21. The van der Waals surface area contributed by atoms with Crippen LogP contribution in [0.1, 0.15) is 41.4 Å². The van der Waals surface area contributed by atoms with Crippen LogP contribution in [0, 0.1) is 6.92 Å². The van der Waals surface area contributed by atoms with Crippen LogP contribution in [0.4, 0.5) is 0 Å². The predicted octanol–water partition coefficient (Wildman–Crippen LogP) is 1.47. The standard InChI is InChI=1S/C16H20N4O2/c1-11-5-6-12(9-18-11)16(22)19-13-3-2-4-14(15(13)21)20-8-7-17-10-20/h5-10,13-15,21H,2-4H2,1H3,(H,19,22)/t13-,14-,15-/m1/s1.